The summed E-state index contributed by atoms with van der Waals surface area (Å²) in [6.07, 6.45) is -11.2. The third-order valence-corrected chi connectivity index (χ3v) is 4.67. The number of halogens is 9. The zero-order chi connectivity index (χ0) is 26.9. The number of hydrogen-bond donors (Lipinski definition) is 1. The molecule has 3 aromatic rings. The first-order valence-electron chi connectivity index (χ1n) is 9.59. The van der Waals surface area contributed by atoms with Crippen LogP contribution in [0.1, 0.15) is 16.2 Å². The molecule has 1 amide bonds. The smallest absolute Gasteiger partial charge is 0.451 e. The summed E-state index contributed by atoms with van der Waals surface area (Å²) < 4.78 is 126. The van der Waals surface area contributed by atoms with Crippen LogP contribution in [0.3, 0.4) is 0 Å². The number of ether oxygens (including phenoxy) is 1. The van der Waals surface area contributed by atoms with Crippen molar-refractivity contribution in [1.82, 2.24) is 14.3 Å². The maximum absolute atomic E-state index is 14.9. The summed E-state index contributed by atoms with van der Waals surface area (Å²) in [5.74, 6) is -8.43. The van der Waals surface area contributed by atoms with Gasteiger partial charge in [0, 0.05) is 13.1 Å². The van der Waals surface area contributed by atoms with E-state index in [9.17, 15) is 49.1 Å². The van der Waals surface area contributed by atoms with E-state index < -0.39 is 82.9 Å². The number of carbonyl (C=O) groups excluding carboxylic acids is 1. The molecule has 0 aliphatic rings. The van der Waals surface area contributed by atoms with Crippen molar-refractivity contribution in [2.75, 3.05) is 12.0 Å². The predicted octanol–water partition coefficient (Wildman–Crippen LogP) is 4.24. The number of nitrogens with one attached hydrogen (secondary N) is 1. The van der Waals surface area contributed by atoms with Crippen molar-refractivity contribution < 1.29 is 49.0 Å². The third-order valence-electron chi connectivity index (χ3n) is 4.67. The van der Waals surface area contributed by atoms with Crippen LogP contribution < -0.4 is 15.7 Å². The minimum atomic E-state index is -5.15. The van der Waals surface area contributed by atoms with Crippen molar-refractivity contribution in [3.05, 3.63) is 69.7 Å². The Morgan fingerprint density at radius 3 is 2.22 bits per heavy atom. The van der Waals surface area contributed by atoms with Gasteiger partial charge in [-0.3, -0.25) is 9.36 Å². The fourth-order valence-corrected chi connectivity index (χ4v) is 2.93. The number of rotatable bonds is 7. The summed E-state index contributed by atoms with van der Waals surface area (Å²) in [5.41, 5.74) is -4.61. The van der Waals surface area contributed by atoms with Crippen LogP contribution in [0, 0.1) is 17.5 Å². The molecule has 0 spiro atoms. The molecule has 0 saturated heterocycles. The molecule has 16 heteroatoms. The van der Waals surface area contributed by atoms with Crippen LogP contribution in [0.5, 0.6) is 5.75 Å². The normalized spacial score (nSPS) is 12.6. The molecule has 2 aromatic carbocycles. The lowest BCUT2D eigenvalue weighted by molar-refractivity contribution is -0.147. The van der Waals surface area contributed by atoms with Crippen molar-refractivity contribution in [2.24, 2.45) is 7.05 Å². The Hall–Kier alpha value is -3.98. The minimum Gasteiger partial charge on any atom is -0.481 e. The number of alkyl halides is 6. The Balaban J connectivity index is 2.17. The van der Waals surface area contributed by atoms with Crippen LogP contribution >= 0.6 is 0 Å². The maximum atomic E-state index is 14.9. The molecule has 0 radical (unpaired) electrons. The van der Waals surface area contributed by atoms with E-state index in [1.165, 1.54) is 0 Å². The number of benzene rings is 2. The number of para-hydroxylation sites is 1. The lowest BCUT2D eigenvalue weighted by Crippen LogP contribution is -2.29. The van der Waals surface area contributed by atoms with Crippen LogP contribution in [0.25, 0.3) is 5.69 Å². The summed E-state index contributed by atoms with van der Waals surface area (Å²) in [5, 5.41) is 4.71. The molecule has 0 saturated carbocycles. The van der Waals surface area contributed by atoms with Gasteiger partial charge in [0.1, 0.15) is 41.3 Å². The van der Waals surface area contributed by atoms with Crippen molar-refractivity contribution >= 4 is 11.6 Å². The van der Waals surface area contributed by atoms with Gasteiger partial charge in [0.05, 0.1) is 5.56 Å². The fraction of sp³-hybridized carbons (Fsp3) is 0.250. The van der Waals surface area contributed by atoms with Crippen LogP contribution in [-0.2, 0) is 13.2 Å². The molecule has 1 atom stereocenters. The van der Waals surface area contributed by atoms with Gasteiger partial charge in [-0.25, -0.2) is 31.1 Å². The van der Waals surface area contributed by atoms with E-state index in [-0.39, 0.29) is 15.3 Å². The minimum absolute atomic E-state index is 0.0189. The molecule has 7 nitrogen and oxygen atoms in total. The molecule has 0 aliphatic heterocycles. The van der Waals surface area contributed by atoms with Crippen molar-refractivity contribution in [3.8, 4) is 11.4 Å². The summed E-state index contributed by atoms with van der Waals surface area (Å²) in [4.78, 5) is 24.9. The number of nitrogens with zero attached hydrogens (tertiary/aromatic N) is 3. The topological polar surface area (TPSA) is 78.2 Å². The first-order valence-corrected chi connectivity index (χ1v) is 9.59. The molecule has 36 heavy (non-hydrogen) atoms. The average Bonchev–Trinajstić information content (AvgIpc) is 3.09. The second-order valence-corrected chi connectivity index (χ2v) is 7.07. The first kappa shape index (κ1) is 26.6. The largest absolute Gasteiger partial charge is 0.481 e. The third kappa shape index (κ3) is 5.16. The van der Waals surface area contributed by atoms with Gasteiger partial charge in [0.15, 0.2) is 6.10 Å². The van der Waals surface area contributed by atoms with Gasteiger partial charge in [0.25, 0.3) is 12.3 Å². The quantitative estimate of drug-likeness (QED) is 0.466. The zero-order valence-corrected chi connectivity index (χ0v) is 17.7. The molecule has 0 bridgehead atoms. The van der Waals surface area contributed by atoms with Gasteiger partial charge in [-0.15, -0.1) is 5.10 Å². The standard InChI is InChI=1S/C20H13F9N4O3/c1-32-18(20(27,28)29)31-33(19(32)35)12-6-13(36-14(7-21)16(25)26)8(5-11(12)24)17(34)30-15-9(22)3-2-4-10(15)23/h2-6,14,16H,7H2,1H3,(H,30,34)/t14-/m0/s1. The monoisotopic (exact) mass is 528 g/mol. The molecular weight excluding hydrogens is 515 g/mol. The van der Waals surface area contributed by atoms with Gasteiger partial charge in [-0.05, 0) is 18.2 Å². The van der Waals surface area contributed by atoms with Crippen molar-refractivity contribution in [3.63, 3.8) is 0 Å². The number of anilines is 1. The highest BCUT2D eigenvalue weighted by Gasteiger charge is 2.38. The lowest BCUT2D eigenvalue weighted by Gasteiger charge is -2.19. The highest BCUT2D eigenvalue weighted by atomic mass is 19.4. The number of aromatic nitrogens is 3. The van der Waals surface area contributed by atoms with Gasteiger partial charge >= 0.3 is 11.9 Å². The SMILES string of the molecule is Cn1c(C(F)(F)F)nn(-c2cc(O[C@@H](CF)C(F)F)c(C(=O)Nc3c(F)cccc3F)cc2F)c1=O. The van der Waals surface area contributed by atoms with Crippen molar-refractivity contribution in [1.29, 1.82) is 0 Å². The molecule has 3 rings (SSSR count). The Morgan fingerprint density at radius 1 is 1.11 bits per heavy atom. The summed E-state index contributed by atoms with van der Waals surface area (Å²) in [7, 11) is 0.671. The Labute approximate surface area is 194 Å². The van der Waals surface area contributed by atoms with Crippen LogP contribution in [-0.4, -0.2) is 39.5 Å². The van der Waals surface area contributed by atoms with Crippen molar-refractivity contribution in [2.45, 2.75) is 18.7 Å². The molecule has 0 aliphatic carbocycles. The number of hydrogen-bond acceptors (Lipinski definition) is 4. The molecule has 1 N–H and O–H groups in total. The van der Waals surface area contributed by atoms with E-state index in [0.29, 0.717) is 13.1 Å². The summed E-state index contributed by atoms with van der Waals surface area (Å²) >= 11 is 0. The van der Waals surface area contributed by atoms with Crippen LogP contribution in [0.2, 0.25) is 0 Å². The van der Waals surface area contributed by atoms with E-state index in [1.54, 1.807) is 5.32 Å². The predicted molar refractivity (Wildman–Crippen MR) is 104 cm³/mol. The molecule has 0 unspecified atom stereocenters. The zero-order valence-electron chi connectivity index (χ0n) is 17.7. The Kier molecular flexibility index (Phi) is 7.35. The molecule has 1 aromatic heterocycles. The van der Waals surface area contributed by atoms with E-state index in [4.69, 9.17) is 4.74 Å². The van der Waals surface area contributed by atoms with Gasteiger partial charge in [0.2, 0.25) is 5.82 Å². The summed E-state index contributed by atoms with van der Waals surface area (Å²) in [6, 6.07) is 3.04. The lowest BCUT2D eigenvalue weighted by atomic mass is 10.1. The Bertz CT molecular complexity index is 1330. The van der Waals surface area contributed by atoms with Gasteiger partial charge < -0.3 is 10.1 Å². The maximum Gasteiger partial charge on any atom is 0.451 e. The van der Waals surface area contributed by atoms with Gasteiger partial charge in [-0.1, -0.05) is 6.07 Å². The average molecular weight is 528 g/mol. The molecule has 194 valence electrons. The second-order valence-electron chi connectivity index (χ2n) is 7.07. The molecule has 0 fully saturated rings. The number of amides is 1. The van der Waals surface area contributed by atoms with E-state index in [2.05, 4.69) is 5.10 Å². The van der Waals surface area contributed by atoms with E-state index in [1.807, 2.05) is 0 Å². The highest BCUT2D eigenvalue weighted by molar-refractivity contribution is 6.06. The second kappa shape index (κ2) is 9.94. The Morgan fingerprint density at radius 2 is 1.72 bits per heavy atom. The van der Waals surface area contributed by atoms with Crippen LogP contribution in [0.4, 0.5) is 45.2 Å². The molecule has 1 heterocycles. The first-order chi connectivity index (χ1) is 16.8. The van der Waals surface area contributed by atoms with E-state index in [0.717, 1.165) is 18.2 Å². The van der Waals surface area contributed by atoms with E-state index >= 15 is 0 Å². The van der Waals surface area contributed by atoms with Crippen LogP contribution in [0.15, 0.2) is 35.1 Å². The highest BCUT2D eigenvalue weighted by Crippen LogP contribution is 2.31. The molecular formula is C20H13F9N4O3. The fourth-order valence-electron chi connectivity index (χ4n) is 2.93. The van der Waals surface area contributed by atoms with Gasteiger partial charge in [-0.2, -0.15) is 17.9 Å². The summed E-state index contributed by atoms with van der Waals surface area (Å²) in [6.45, 7) is -1.82. The number of carbonyl (C=O) groups is 1.